The van der Waals surface area contributed by atoms with E-state index in [1.54, 1.807) is 46.4 Å². The van der Waals surface area contributed by atoms with E-state index in [1.165, 1.54) is 19.5 Å². The van der Waals surface area contributed by atoms with E-state index in [0.29, 0.717) is 0 Å². The zero-order valence-corrected chi connectivity index (χ0v) is 20.8. The highest BCUT2D eigenvalue weighted by Crippen LogP contribution is 2.41. The van der Waals surface area contributed by atoms with Crippen LogP contribution in [0.2, 0.25) is 0 Å². The van der Waals surface area contributed by atoms with Crippen LogP contribution in [0.5, 0.6) is 0 Å². The second-order valence-electron chi connectivity index (χ2n) is 7.61. The van der Waals surface area contributed by atoms with Gasteiger partial charge in [0, 0.05) is 38.2 Å². The molecule has 3 nitrogen and oxygen atoms in total. The van der Waals surface area contributed by atoms with Crippen LogP contribution < -0.4 is 0 Å². The molecule has 0 aliphatic carbocycles. The fourth-order valence-corrected chi connectivity index (χ4v) is 6.45. The van der Waals surface area contributed by atoms with Crippen molar-refractivity contribution in [1.82, 2.24) is 15.0 Å². The van der Waals surface area contributed by atoms with Crippen LogP contribution in [0.1, 0.15) is 11.1 Å². The number of thiophene rings is 3. The van der Waals surface area contributed by atoms with Crippen molar-refractivity contribution in [3.63, 3.8) is 0 Å². The van der Waals surface area contributed by atoms with Crippen molar-refractivity contribution in [3.8, 4) is 54.1 Å². The summed E-state index contributed by atoms with van der Waals surface area (Å²) in [5.41, 5.74) is 5.09. The topological polar surface area (TPSA) is 38.7 Å². The largest absolute Gasteiger partial charge is 0.255 e. The molecule has 0 amide bonds. The van der Waals surface area contributed by atoms with Gasteiger partial charge in [0.1, 0.15) is 0 Å². The lowest BCUT2D eigenvalue weighted by Gasteiger charge is -2.05. The number of nitrogens with zero attached hydrogens (tertiary/aromatic N) is 3. The molecule has 6 heteroatoms. The molecule has 0 aromatic carbocycles. The van der Waals surface area contributed by atoms with Crippen LogP contribution in [0.3, 0.4) is 0 Å². The average Bonchev–Trinajstić information content (AvgIpc) is 3.70. The van der Waals surface area contributed by atoms with Gasteiger partial charge >= 0.3 is 0 Å². The van der Waals surface area contributed by atoms with Crippen LogP contribution in [-0.4, -0.2) is 15.0 Å². The standard InChI is InChI=1S/C29H17N3S3/c1-3-13-30-22(7-1)24-17-20(18-25(32-24)23-8-2-4-14-31-23)11-12-21-19-28(26-9-5-15-33-26)35-29(21)27-10-6-16-34-27/h1-10,13-19H. The predicted molar refractivity (Wildman–Crippen MR) is 148 cm³/mol. The minimum Gasteiger partial charge on any atom is -0.255 e. The molecule has 6 aromatic heterocycles. The lowest BCUT2D eigenvalue weighted by atomic mass is 10.1. The second kappa shape index (κ2) is 9.77. The third-order valence-electron chi connectivity index (χ3n) is 5.26. The van der Waals surface area contributed by atoms with E-state index in [1.807, 2.05) is 48.5 Å². The maximum Gasteiger partial charge on any atom is 0.0906 e. The molecule has 0 unspecified atom stereocenters. The van der Waals surface area contributed by atoms with Crippen molar-refractivity contribution < 1.29 is 0 Å². The number of hydrogen-bond acceptors (Lipinski definition) is 6. The van der Waals surface area contributed by atoms with Crippen LogP contribution in [0.15, 0.2) is 102 Å². The minimum atomic E-state index is 0.779. The highest BCUT2D eigenvalue weighted by molar-refractivity contribution is 7.26. The third-order valence-corrected chi connectivity index (χ3v) is 8.51. The SMILES string of the molecule is C(#Cc1cc(-c2cccs2)sc1-c1cccs1)c1cc(-c2ccccn2)nc(-c2ccccn2)c1. The number of aromatic nitrogens is 3. The van der Waals surface area contributed by atoms with Crippen molar-refractivity contribution in [2.45, 2.75) is 0 Å². The quantitative estimate of drug-likeness (QED) is 0.228. The third kappa shape index (κ3) is 4.71. The molecular formula is C29H17N3S3. The van der Waals surface area contributed by atoms with Gasteiger partial charge in [0.05, 0.1) is 27.7 Å². The van der Waals surface area contributed by atoms with E-state index in [9.17, 15) is 0 Å². The van der Waals surface area contributed by atoms with Crippen molar-refractivity contribution in [2.75, 3.05) is 0 Å². The van der Waals surface area contributed by atoms with Gasteiger partial charge in [0.25, 0.3) is 0 Å². The smallest absolute Gasteiger partial charge is 0.0906 e. The summed E-state index contributed by atoms with van der Waals surface area (Å²) in [6.45, 7) is 0. The monoisotopic (exact) mass is 503 g/mol. The van der Waals surface area contributed by atoms with Crippen molar-refractivity contribution in [2.24, 2.45) is 0 Å². The summed E-state index contributed by atoms with van der Waals surface area (Å²) in [6, 6.07) is 26.4. The first-order valence-corrected chi connectivity index (χ1v) is 13.5. The Labute approximate surface area is 215 Å². The van der Waals surface area contributed by atoms with Crippen molar-refractivity contribution >= 4 is 34.0 Å². The fraction of sp³-hybridized carbons (Fsp3) is 0. The molecular weight excluding hydrogens is 487 g/mol. The molecule has 166 valence electrons. The molecule has 35 heavy (non-hydrogen) atoms. The second-order valence-corrected chi connectivity index (χ2v) is 10.6. The van der Waals surface area contributed by atoms with E-state index < -0.39 is 0 Å². The van der Waals surface area contributed by atoms with Gasteiger partial charge in [-0.05, 0) is 65.4 Å². The molecule has 0 bridgehead atoms. The molecule has 6 heterocycles. The molecule has 0 aliphatic rings. The normalized spacial score (nSPS) is 10.6. The molecule has 6 rings (SSSR count). The molecule has 6 aromatic rings. The van der Waals surface area contributed by atoms with Gasteiger partial charge < -0.3 is 0 Å². The average molecular weight is 504 g/mol. The van der Waals surface area contributed by atoms with Crippen molar-refractivity contribution in [3.05, 3.63) is 113 Å². The van der Waals surface area contributed by atoms with E-state index in [4.69, 9.17) is 4.98 Å². The highest BCUT2D eigenvalue weighted by atomic mass is 32.1. The van der Waals surface area contributed by atoms with Gasteiger partial charge in [-0.2, -0.15) is 0 Å². The van der Waals surface area contributed by atoms with Crippen LogP contribution in [0.25, 0.3) is 42.3 Å². The summed E-state index contributed by atoms with van der Waals surface area (Å²) in [5, 5.41) is 4.22. The van der Waals surface area contributed by atoms with E-state index in [0.717, 1.165) is 33.9 Å². The predicted octanol–water partition coefficient (Wildman–Crippen LogP) is 8.12. The number of pyridine rings is 3. The molecule has 0 saturated carbocycles. The first kappa shape index (κ1) is 21.6. The summed E-state index contributed by atoms with van der Waals surface area (Å²) in [6.07, 6.45) is 3.56. The summed E-state index contributed by atoms with van der Waals surface area (Å²) in [4.78, 5) is 18.8. The Morgan fingerprint density at radius 1 is 0.571 bits per heavy atom. The first-order valence-electron chi connectivity index (χ1n) is 10.9. The molecule has 0 radical (unpaired) electrons. The maximum atomic E-state index is 4.84. The van der Waals surface area contributed by atoms with Gasteiger partial charge in [0.15, 0.2) is 0 Å². The maximum absolute atomic E-state index is 4.84. The van der Waals surface area contributed by atoms with Crippen LogP contribution >= 0.6 is 34.0 Å². The Bertz CT molecular complexity index is 1570. The van der Waals surface area contributed by atoms with E-state index in [2.05, 4.69) is 62.9 Å². The van der Waals surface area contributed by atoms with Crippen LogP contribution in [-0.2, 0) is 0 Å². The Kier molecular flexibility index (Phi) is 6.04. The Morgan fingerprint density at radius 3 is 1.80 bits per heavy atom. The fourth-order valence-electron chi connectivity index (χ4n) is 3.65. The number of rotatable bonds is 4. The van der Waals surface area contributed by atoms with E-state index >= 15 is 0 Å². The molecule has 0 spiro atoms. The summed E-state index contributed by atoms with van der Waals surface area (Å²) >= 11 is 5.29. The zero-order valence-electron chi connectivity index (χ0n) is 18.4. The molecule has 0 N–H and O–H groups in total. The van der Waals surface area contributed by atoms with Gasteiger partial charge in [0.2, 0.25) is 0 Å². The molecule has 0 aliphatic heterocycles. The lowest BCUT2D eigenvalue weighted by molar-refractivity contribution is 1.21. The number of hydrogen-bond donors (Lipinski definition) is 0. The van der Waals surface area contributed by atoms with Gasteiger partial charge in [-0.15, -0.1) is 34.0 Å². The van der Waals surface area contributed by atoms with Gasteiger partial charge in [-0.3, -0.25) is 9.97 Å². The Morgan fingerprint density at radius 2 is 1.23 bits per heavy atom. The van der Waals surface area contributed by atoms with Crippen LogP contribution in [0, 0.1) is 11.8 Å². The Balaban J connectivity index is 1.47. The van der Waals surface area contributed by atoms with Crippen molar-refractivity contribution in [1.29, 1.82) is 0 Å². The van der Waals surface area contributed by atoms with E-state index in [-0.39, 0.29) is 0 Å². The zero-order chi connectivity index (χ0) is 23.5. The molecule has 0 atom stereocenters. The molecule has 0 fully saturated rings. The Hall–Kier alpha value is -3.89. The lowest BCUT2D eigenvalue weighted by Crippen LogP contribution is -1.93. The first-order chi connectivity index (χ1) is 17.3. The summed E-state index contributed by atoms with van der Waals surface area (Å²) < 4.78 is 0. The highest BCUT2D eigenvalue weighted by Gasteiger charge is 2.13. The van der Waals surface area contributed by atoms with Crippen LogP contribution in [0.4, 0.5) is 0 Å². The summed E-state index contributed by atoms with van der Waals surface area (Å²) in [7, 11) is 0. The summed E-state index contributed by atoms with van der Waals surface area (Å²) in [5.74, 6) is 6.87. The van der Waals surface area contributed by atoms with Gasteiger partial charge in [-0.1, -0.05) is 36.1 Å². The minimum absolute atomic E-state index is 0.779. The molecule has 0 saturated heterocycles. The van der Waals surface area contributed by atoms with Gasteiger partial charge in [-0.25, -0.2) is 4.98 Å².